The predicted octanol–water partition coefficient (Wildman–Crippen LogP) is 1.47. The Labute approximate surface area is 121 Å². The summed E-state index contributed by atoms with van der Waals surface area (Å²) in [6, 6.07) is 4.25. The number of aromatic nitrogens is 3. The van der Waals surface area contributed by atoms with Crippen molar-refractivity contribution in [2.24, 2.45) is 0 Å². The summed E-state index contributed by atoms with van der Waals surface area (Å²) in [5.74, 6) is -0.391. The highest BCUT2D eigenvalue weighted by Gasteiger charge is 2.19. The second-order valence-electron chi connectivity index (χ2n) is 5.31. The van der Waals surface area contributed by atoms with Crippen molar-refractivity contribution in [2.75, 3.05) is 24.5 Å². The molecule has 1 aliphatic rings. The molecule has 21 heavy (non-hydrogen) atoms. The molecule has 1 fully saturated rings. The Hall–Kier alpha value is -2.02. The van der Waals surface area contributed by atoms with Gasteiger partial charge < -0.3 is 10.2 Å². The van der Waals surface area contributed by atoms with Crippen molar-refractivity contribution in [3.63, 3.8) is 0 Å². The van der Waals surface area contributed by atoms with E-state index in [2.05, 4.69) is 32.3 Å². The third-order valence-corrected chi connectivity index (χ3v) is 3.53. The van der Waals surface area contributed by atoms with Crippen LogP contribution in [0.4, 0.5) is 14.7 Å². The molecule has 5 nitrogen and oxygen atoms in total. The lowest BCUT2D eigenvalue weighted by molar-refractivity contribution is 0.480. The molecule has 2 heterocycles. The van der Waals surface area contributed by atoms with Crippen LogP contribution in [-0.4, -0.2) is 40.9 Å². The number of piperazine rings is 1. The lowest BCUT2D eigenvalue weighted by Gasteiger charge is -2.30. The van der Waals surface area contributed by atoms with Crippen LogP contribution in [0.5, 0.6) is 0 Å². The molecule has 0 bridgehead atoms. The number of halogens is 2. The molecule has 1 atom stereocenters. The first-order valence-corrected chi connectivity index (χ1v) is 6.95. The highest BCUT2D eigenvalue weighted by Crippen LogP contribution is 2.14. The highest BCUT2D eigenvalue weighted by atomic mass is 19.2. The van der Waals surface area contributed by atoms with E-state index >= 15 is 0 Å². The van der Waals surface area contributed by atoms with Crippen LogP contribution in [0.1, 0.15) is 18.3 Å². The van der Waals surface area contributed by atoms with E-state index in [1.165, 1.54) is 6.07 Å². The minimum atomic E-state index is -0.844. The Kier molecular flexibility index (Phi) is 3.83. The van der Waals surface area contributed by atoms with Gasteiger partial charge in [0.05, 0.1) is 0 Å². The van der Waals surface area contributed by atoms with Crippen molar-refractivity contribution in [1.29, 1.82) is 0 Å². The zero-order valence-electron chi connectivity index (χ0n) is 11.7. The molecular weight excluding hydrogens is 276 g/mol. The molecule has 0 saturated carbocycles. The van der Waals surface area contributed by atoms with Gasteiger partial charge in [-0.25, -0.2) is 8.78 Å². The van der Waals surface area contributed by atoms with Crippen LogP contribution < -0.4 is 10.2 Å². The van der Waals surface area contributed by atoms with Crippen molar-refractivity contribution >= 4 is 5.95 Å². The third-order valence-electron chi connectivity index (χ3n) is 3.53. The van der Waals surface area contributed by atoms with Gasteiger partial charge in [0.2, 0.25) is 5.95 Å². The van der Waals surface area contributed by atoms with Crippen LogP contribution in [0.25, 0.3) is 0 Å². The molecule has 112 valence electrons. The third kappa shape index (κ3) is 3.18. The SMILES string of the molecule is CC1CN(c2n[nH]c(Cc3ccc(F)c(F)c3)n2)CCN1. The summed E-state index contributed by atoms with van der Waals surface area (Å²) in [5.41, 5.74) is 0.658. The molecule has 2 aromatic rings. The Morgan fingerprint density at radius 1 is 1.33 bits per heavy atom. The monoisotopic (exact) mass is 293 g/mol. The predicted molar refractivity (Wildman–Crippen MR) is 75.2 cm³/mol. The largest absolute Gasteiger partial charge is 0.337 e. The molecule has 3 rings (SSSR count). The van der Waals surface area contributed by atoms with Crippen LogP contribution in [0.15, 0.2) is 18.2 Å². The minimum Gasteiger partial charge on any atom is -0.337 e. The van der Waals surface area contributed by atoms with Crippen molar-refractivity contribution < 1.29 is 8.78 Å². The fraction of sp³-hybridized carbons (Fsp3) is 0.429. The number of aromatic amines is 1. The van der Waals surface area contributed by atoms with Crippen molar-refractivity contribution in [3.8, 4) is 0 Å². The molecule has 1 unspecified atom stereocenters. The number of benzene rings is 1. The van der Waals surface area contributed by atoms with Gasteiger partial charge in [-0.2, -0.15) is 4.98 Å². The quantitative estimate of drug-likeness (QED) is 0.900. The van der Waals surface area contributed by atoms with Crippen molar-refractivity contribution in [3.05, 3.63) is 41.2 Å². The normalized spacial score (nSPS) is 19.0. The molecule has 0 aliphatic carbocycles. The van der Waals surface area contributed by atoms with Gasteiger partial charge in [-0.05, 0) is 24.6 Å². The Morgan fingerprint density at radius 2 is 2.19 bits per heavy atom. The van der Waals surface area contributed by atoms with Crippen molar-refractivity contribution in [1.82, 2.24) is 20.5 Å². The number of nitrogens with zero attached hydrogens (tertiary/aromatic N) is 3. The second-order valence-corrected chi connectivity index (χ2v) is 5.31. The van der Waals surface area contributed by atoms with E-state index in [1.54, 1.807) is 6.07 Å². The van der Waals surface area contributed by atoms with Crippen LogP contribution in [-0.2, 0) is 6.42 Å². The summed E-state index contributed by atoms with van der Waals surface area (Å²) in [6.45, 7) is 4.71. The van der Waals surface area contributed by atoms with Gasteiger partial charge in [-0.1, -0.05) is 6.07 Å². The Bertz CT molecular complexity index is 628. The molecule has 1 aromatic heterocycles. The van der Waals surface area contributed by atoms with Gasteiger partial charge in [0.1, 0.15) is 5.82 Å². The topological polar surface area (TPSA) is 56.8 Å². The average molecular weight is 293 g/mol. The van der Waals surface area contributed by atoms with Crippen LogP contribution in [0.2, 0.25) is 0 Å². The fourth-order valence-electron chi connectivity index (χ4n) is 2.46. The van der Waals surface area contributed by atoms with Gasteiger partial charge in [0, 0.05) is 32.1 Å². The van der Waals surface area contributed by atoms with Gasteiger partial charge in [-0.15, -0.1) is 5.10 Å². The van der Waals surface area contributed by atoms with Crippen LogP contribution in [0, 0.1) is 11.6 Å². The summed E-state index contributed by atoms with van der Waals surface area (Å²) in [7, 11) is 0. The van der Waals surface area contributed by atoms with Gasteiger partial charge >= 0.3 is 0 Å². The van der Waals surface area contributed by atoms with E-state index in [4.69, 9.17) is 0 Å². The summed E-state index contributed by atoms with van der Waals surface area (Å²) < 4.78 is 26.1. The van der Waals surface area contributed by atoms with E-state index in [1.807, 2.05) is 0 Å². The van der Waals surface area contributed by atoms with E-state index in [9.17, 15) is 8.78 Å². The van der Waals surface area contributed by atoms with E-state index in [-0.39, 0.29) is 0 Å². The Morgan fingerprint density at radius 3 is 2.95 bits per heavy atom. The van der Waals surface area contributed by atoms with E-state index in [0.717, 1.165) is 25.7 Å². The van der Waals surface area contributed by atoms with Crippen LogP contribution >= 0.6 is 0 Å². The number of anilines is 1. The molecule has 2 N–H and O–H groups in total. The average Bonchev–Trinajstić information content (AvgIpc) is 2.91. The molecule has 0 spiro atoms. The maximum absolute atomic E-state index is 13.2. The lowest BCUT2D eigenvalue weighted by Crippen LogP contribution is -2.49. The first kappa shape index (κ1) is 13.9. The number of H-pyrrole nitrogens is 1. The molecule has 0 amide bonds. The smallest absolute Gasteiger partial charge is 0.244 e. The van der Waals surface area contributed by atoms with Crippen LogP contribution in [0.3, 0.4) is 0 Å². The molecule has 1 aliphatic heterocycles. The van der Waals surface area contributed by atoms with E-state index < -0.39 is 11.6 Å². The van der Waals surface area contributed by atoms with Gasteiger partial charge in [-0.3, -0.25) is 5.10 Å². The van der Waals surface area contributed by atoms with E-state index in [0.29, 0.717) is 29.8 Å². The van der Waals surface area contributed by atoms with Crippen molar-refractivity contribution in [2.45, 2.75) is 19.4 Å². The number of nitrogens with one attached hydrogen (secondary N) is 2. The highest BCUT2D eigenvalue weighted by molar-refractivity contribution is 5.31. The van der Waals surface area contributed by atoms with Gasteiger partial charge in [0.15, 0.2) is 11.6 Å². The summed E-state index contributed by atoms with van der Waals surface area (Å²) in [6.07, 6.45) is 0.395. The maximum Gasteiger partial charge on any atom is 0.244 e. The first-order chi connectivity index (χ1) is 10.1. The van der Waals surface area contributed by atoms with Gasteiger partial charge in [0.25, 0.3) is 0 Å². The first-order valence-electron chi connectivity index (χ1n) is 6.95. The summed E-state index contributed by atoms with van der Waals surface area (Å²) >= 11 is 0. The molecular formula is C14H17F2N5. The number of rotatable bonds is 3. The number of hydrogen-bond acceptors (Lipinski definition) is 4. The molecule has 1 aromatic carbocycles. The molecule has 1 saturated heterocycles. The standard InChI is InChI=1S/C14H17F2N5/c1-9-8-21(5-4-17-9)14-18-13(19-20-14)7-10-2-3-11(15)12(16)6-10/h2-3,6,9,17H,4-5,7-8H2,1H3,(H,18,19,20). The lowest BCUT2D eigenvalue weighted by atomic mass is 10.1. The fourth-order valence-corrected chi connectivity index (χ4v) is 2.46. The zero-order valence-corrected chi connectivity index (χ0v) is 11.7. The molecule has 7 heteroatoms. The zero-order chi connectivity index (χ0) is 14.8. The number of hydrogen-bond donors (Lipinski definition) is 2. The summed E-state index contributed by atoms with van der Waals surface area (Å²) in [5, 5.41) is 10.4. The Balaban J connectivity index is 1.71. The minimum absolute atomic E-state index is 0.395. The molecule has 0 radical (unpaired) electrons. The second kappa shape index (κ2) is 5.77. The maximum atomic E-state index is 13.2. The summed E-state index contributed by atoms with van der Waals surface area (Å²) in [4.78, 5) is 6.53.